The van der Waals surface area contributed by atoms with E-state index >= 15 is 0 Å². The Morgan fingerprint density at radius 1 is 1.00 bits per heavy atom. The van der Waals surface area contributed by atoms with Crippen LogP contribution in [0.3, 0.4) is 0 Å². The molecule has 33 heavy (non-hydrogen) atoms. The van der Waals surface area contributed by atoms with Gasteiger partial charge in [-0.2, -0.15) is 5.10 Å². The van der Waals surface area contributed by atoms with Crippen molar-refractivity contribution in [1.82, 2.24) is 5.43 Å². The first-order chi connectivity index (χ1) is 15.8. The number of carbonyl (C=O) groups excluding carboxylic acids is 2. The molecule has 168 valence electrons. The molecule has 12 nitrogen and oxygen atoms in total. The van der Waals surface area contributed by atoms with Gasteiger partial charge in [-0.25, -0.2) is 5.43 Å². The Kier molecular flexibility index (Phi) is 4.95. The van der Waals surface area contributed by atoms with Gasteiger partial charge in [0.05, 0.1) is 39.9 Å². The number of carbonyl (C=O) groups is 2. The molecule has 2 saturated heterocycles. The van der Waals surface area contributed by atoms with Crippen molar-refractivity contribution in [3.8, 4) is 0 Å². The van der Waals surface area contributed by atoms with Gasteiger partial charge in [-0.15, -0.1) is 0 Å². The van der Waals surface area contributed by atoms with E-state index in [2.05, 4.69) is 10.5 Å². The van der Waals surface area contributed by atoms with Crippen LogP contribution < -0.4 is 5.43 Å². The third-order valence-electron chi connectivity index (χ3n) is 6.03. The van der Waals surface area contributed by atoms with Crippen molar-refractivity contribution in [2.45, 2.75) is 12.4 Å². The lowest BCUT2D eigenvalue weighted by molar-refractivity contribution is -0.394. The quantitative estimate of drug-likeness (QED) is 0.395. The highest BCUT2D eigenvalue weighted by atomic mass is 16.7. The average Bonchev–Trinajstić information content (AvgIpc) is 3.42. The Labute approximate surface area is 185 Å². The first kappa shape index (κ1) is 20.8. The average molecular weight is 452 g/mol. The number of ether oxygens (including phenoxy) is 2. The molecule has 3 aliphatic rings. The summed E-state index contributed by atoms with van der Waals surface area (Å²) < 4.78 is 11.4. The van der Waals surface area contributed by atoms with Gasteiger partial charge in [-0.3, -0.25) is 29.8 Å². The van der Waals surface area contributed by atoms with Crippen molar-refractivity contribution in [1.29, 1.82) is 0 Å². The predicted octanol–water partition coefficient (Wildman–Crippen LogP) is 2.09. The molecule has 2 aliphatic heterocycles. The number of non-ortho nitro benzene ring substituents is 2. The zero-order valence-electron chi connectivity index (χ0n) is 16.8. The molecule has 1 saturated carbocycles. The first-order valence-corrected chi connectivity index (χ1v) is 10.0. The Morgan fingerprint density at radius 3 is 2.30 bits per heavy atom. The molecule has 12 heteroatoms. The van der Waals surface area contributed by atoms with E-state index in [1.54, 1.807) is 24.3 Å². The van der Waals surface area contributed by atoms with Crippen LogP contribution in [0.1, 0.15) is 20.7 Å². The van der Waals surface area contributed by atoms with Gasteiger partial charge in [0.15, 0.2) is 12.1 Å². The van der Waals surface area contributed by atoms with Gasteiger partial charge in [0.1, 0.15) is 0 Å². The molecular weight excluding hydrogens is 436 g/mol. The molecule has 1 amide bonds. The molecule has 2 bridgehead atoms. The molecule has 2 aromatic rings. The molecule has 2 aromatic carbocycles. The maximum absolute atomic E-state index is 13.0. The highest BCUT2D eigenvalue weighted by Crippen LogP contribution is 2.57. The predicted molar refractivity (Wildman–Crippen MR) is 111 cm³/mol. The summed E-state index contributed by atoms with van der Waals surface area (Å²) in [5.74, 6) is -1.69. The molecule has 0 spiro atoms. The van der Waals surface area contributed by atoms with Gasteiger partial charge in [0.25, 0.3) is 17.3 Å². The highest BCUT2D eigenvalue weighted by molar-refractivity contribution is 6.07. The molecule has 1 aliphatic carbocycles. The Hall–Kier alpha value is -4.03. The molecule has 0 aromatic heterocycles. The molecule has 1 N–H and O–H groups in total. The van der Waals surface area contributed by atoms with Crippen LogP contribution in [0.2, 0.25) is 0 Å². The zero-order valence-corrected chi connectivity index (χ0v) is 16.8. The molecule has 5 rings (SSSR count). The van der Waals surface area contributed by atoms with Crippen molar-refractivity contribution in [3.05, 3.63) is 79.9 Å². The summed E-state index contributed by atoms with van der Waals surface area (Å²) in [6.07, 6.45) is -1.06. The summed E-state index contributed by atoms with van der Waals surface area (Å²) in [7, 11) is 0. The van der Waals surface area contributed by atoms with Crippen LogP contribution in [-0.4, -0.2) is 46.2 Å². The van der Waals surface area contributed by atoms with E-state index in [9.17, 15) is 29.8 Å². The standard InChI is InChI=1S/C21H16N4O8/c26-19(10-4-2-1-3-5-10)17-15-14-9-32-21(33-14)18(16(15)17)22-23-20(27)11-6-12(24(28)29)8-13(7-11)25(30)31/h1-8,14-17,21H,9H2,(H,23,27)/b22-18+/t14-,15+,16-,17-,21+/m0/s1. The SMILES string of the molecule is O=C(N/N=C1/[C@@H]2OC[C@H](O2)[C@H]2[C@H](C(=O)c3ccccc3)[C@@H]12)c1cc([N+](=O)[O-])cc([N+](=O)[O-])c1. The lowest BCUT2D eigenvalue weighted by atomic mass is 10.0. The molecule has 0 unspecified atom stereocenters. The number of rotatable bonds is 6. The fourth-order valence-corrected chi connectivity index (χ4v) is 4.49. The highest BCUT2D eigenvalue weighted by Gasteiger charge is 2.67. The summed E-state index contributed by atoms with van der Waals surface area (Å²) in [6, 6.07) is 11.4. The zero-order chi connectivity index (χ0) is 23.3. The molecular formula is C21H16N4O8. The maximum Gasteiger partial charge on any atom is 0.277 e. The number of nitrogens with zero attached hydrogens (tertiary/aromatic N) is 3. The van der Waals surface area contributed by atoms with Gasteiger partial charge < -0.3 is 9.47 Å². The fourth-order valence-electron chi connectivity index (χ4n) is 4.49. The minimum Gasteiger partial charge on any atom is -0.344 e. The van der Waals surface area contributed by atoms with E-state index in [0.717, 1.165) is 18.2 Å². The second-order valence-corrected chi connectivity index (χ2v) is 7.93. The largest absolute Gasteiger partial charge is 0.344 e. The molecule has 5 atom stereocenters. The van der Waals surface area contributed by atoms with Gasteiger partial charge in [0, 0.05) is 35.4 Å². The van der Waals surface area contributed by atoms with Crippen LogP contribution in [0.25, 0.3) is 0 Å². The van der Waals surface area contributed by atoms with Crippen LogP contribution in [0, 0.1) is 38.0 Å². The number of nitrogens with one attached hydrogen (secondary N) is 1. The van der Waals surface area contributed by atoms with Gasteiger partial charge in [-0.1, -0.05) is 30.3 Å². The number of nitro benzene ring substituents is 2. The monoisotopic (exact) mass is 452 g/mol. The van der Waals surface area contributed by atoms with E-state index in [-0.39, 0.29) is 35.2 Å². The van der Waals surface area contributed by atoms with Crippen molar-refractivity contribution in [3.63, 3.8) is 0 Å². The second-order valence-electron chi connectivity index (χ2n) is 7.93. The van der Waals surface area contributed by atoms with E-state index in [1.165, 1.54) is 0 Å². The topological polar surface area (TPSA) is 163 Å². The molecule has 2 heterocycles. The number of amides is 1. The van der Waals surface area contributed by atoms with Crippen LogP contribution in [0.15, 0.2) is 53.6 Å². The minimum absolute atomic E-state index is 0.0462. The first-order valence-electron chi connectivity index (χ1n) is 10.0. The Morgan fingerprint density at radius 2 is 1.67 bits per heavy atom. The maximum atomic E-state index is 13.0. The smallest absolute Gasteiger partial charge is 0.277 e. The van der Waals surface area contributed by atoms with Crippen molar-refractivity contribution < 1.29 is 28.9 Å². The number of fused-ring (bicyclic) bond motifs is 4. The molecule has 3 fully saturated rings. The number of ketones is 1. The summed E-state index contributed by atoms with van der Waals surface area (Å²) in [5.41, 5.74) is 1.69. The van der Waals surface area contributed by atoms with Crippen LogP contribution in [-0.2, 0) is 9.47 Å². The lowest BCUT2D eigenvalue weighted by Gasteiger charge is -2.18. The van der Waals surface area contributed by atoms with Crippen molar-refractivity contribution in [2.75, 3.05) is 6.61 Å². The summed E-state index contributed by atoms with van der Waals surface area (Å²) in [5, 5.41) is 26.2. The van der Waals surface area contributed by atoms with Gasteiger partial charge >= 0.3 is 0 Å². The van der Waals surface area contributed by atoms with Crippen LogP contribution in [0.4, 0.5) is 11.4 Å². The van der Waals surface area contributed by atoms with Crippen molar-refractivity contribution >= 4 is 28.8 Å². The van der Waals surface area contributed by atoms with Gasteiger partial charge in [-0.05, 0) is 0 Å². The van der Waals surface area contributed by atoms with Crippen LogP contribution >= 0.6 is 0 Å². The number of hydrogen-bond acceptors (Lipinski definition) is 9. The van der Waals surface area contributed by atoms with E-state index in [0.29, 0.717) is 17.9 Å². The summed E-state index contributed by atoms with van der Waals surface area (Å²) in [4.78, 5) is 46.1. The lowest BCUT2D eigenvalue weighted by Crippen LogP contribution is -2.33. The van der Waals surface area contributed by atoms with Crippen LogP contribution in [0.5, 0.6) is 0 Å². The Balaban J connectivity index is 1.39. The Bertz CT molecular complexity index is 1180. The number of hydrogen-bond donors (Lipinski definition) is 1. The summed E-state index contributed by atoms with van der Waals surface area (Å²) in [6.45, 7) is 0.300. The fraction of sp³-hybridized carbons (Fsp3) is 0.286. The van der Waals surface area contributed by atoms with E-state index in [4.69, 9.17) is 9.47 Å². The van der Waals surface area contributed by atoms with E-state index in [1.807, 2.05) is 6.07 Å². The van der Waals surface area contributed by atoms with Crippen molar-refractivity contribution in [2.24, 2.45) is 22.9 Å². The second kappa shape index (κ2) is 7.83. The minimum atomic E-state index is -0.877. The molecule has 0 radical (unpaired) electrons. The number of benzene rings is 2. The summed E-state index contributed by atoms with van der Waals surface area (Å²) >= 11 is 0. The number of nitro groups is 2. The third-order valence-corrected chi connectivity index (χ3v) is 6.03. The normalized spacial score (nSPS) is 28.1. The number of Topliss-reactive ketones (excluding diaryl/α,β-unsaturated/α-hetero) is 1. The number of hydrazone groups is 1. The third kappa shape index (κ3) is 3.64. The van der Waals surface area contributed by atoms with E-state index < -0.39 is 33.4 Å². The van der Waals surface area contributed by atoms with Gasteiger partial charge in [0.2, 0.25) is 0 Å².